The molecule has 1 aromatic carbocycles. The Balaban J connectivity index is 1.49. The highest BCUT2D eigenvalue weighted by molar-refractivity contribution is 6.02. The third-order valence-electron chi connectivity index (χ3n) is 5.88. The molecule has 2 amide bonds. The molecule has 3 heterocycles. The van der Waals surface area contributed by atoms with Crippen molar-refractivity contribution in [3.63, 3.8) is 0 Å². The number of aliphatic hydroxyl groups is 1. The van der Waals surface area contributed by atoms with E-state index >= 15 is 0 Å². The average molecular weight is 487 g/mol. The zero-order chi connectivity index (χ0) is 25.9. The molecule has 2 N–H and O–H groups in total. The van der Waals surface area contributed by atoms with Gasteiger partial charge in [0.15, 0.2) is 0 Å². The fourth-order valence-electron chi connectivity index (χ4n) is 4.01. The van der Waals surface area contributed by atoms with Gasteiger partial charge in [0.2, 0.25) is 11.9 Å². The predicted molar refractivity (Wildman–Crippen MR) is 134 cm³/mol. The molecular weight excluding hydrogens is 459 g/mol. The van der Waals surface area contributed by atoms with Crippen LogP contribution in [-0.4, -0.2) is 45.6 Å². The van der Waals surface area contributed by atoms with Gasteiger partial charge in [0.25, 0.3) is 5.91 Å². The number of halogens is 1. The molecular formula is C28H27FN4O3. The Kier molecular flexibility index (Phi) is 7.13. The van der Waals surface area contributed by atoms with Gasteiger partial charge in [0, 0.05) is 42.7 Å². The highest BCUT2D eigenvalue weighted by Crippen LogP contribution is 2.27. The van der Waals surface area contributed by atoms with Gasteiger partial charge < -0.3 is 15.3 Å². The Morgan fingerprint density at radius 2 is 2.03 bits per heavy atom. The van der Waals surface area contributed by atoms with Crippen molar-refractivity contribution in [3.05, 3.63) is 88.8 Å². The van der Waals surface area contributed by atoms with E-state index in [9.17, 15) is 19.1 Å². The summed E-state index contributed by atoms with van der Waals surface area (Å²) in [6.07, 6.45) is 4.15. The van der Waals surface area contributed by atoms with Gasteiger partial charge >= 0.3 is 0 Å². The minimum Gasteiger partial charge on any atom is -0.378 e. The molecule has 0 spiro atoms. The summed E-state index contributed by atoms with van der Waals surface area (Å²) in [6.45, 7) is 3.21. The van der Waals surface area contributed by atoms with Crippen LogP contribution in [0.5, 0.6) is 0 Å². The quantitative estimate of drug-likeness (QED) is 0.437. The first-order valence-electron chi connectivity index (χ1n) is 11.6. The molecule has 0 saturated carbocycles. The number of anilines is 1. The van der Waals surface area contributed by atoms with Gasteiger partial charge in [0.1, 0.15) is 17.3 Å². The van der Waals surface area contributed by atoms with E-state index in [1.54, 1.807) is 45.2 Å². The molecule has 36 heavy (non-hydrogen) atoms. The van der Waals surface area contributed by atoms with E-state index in [1.165, 1.54) is 17.3 Å². The minimum absolute atomic E-state index is 0.151. The third-order valence-corrected chi connectivity index (χ3v) is 5.88. The third kappa shape index (κ3) is 5.93. The van der Waals surface area contributed by atoms with E-state index in [0.29, 0.717) is 29.5 Å². The van der Waals surface area contributed by atoms with E-state index in [2.05, 4.69) is 27.1 Å². The number of likely N-dealkylation sites (N-methyl/N-ethyl adjacent to an activating group) is 1. The van der Waals surface area contributed by atoms with Crippen molar-refractivity contribution < 1.29 is 19.1 Å². The largest absolute Gasteiger partial charge is 0.378 e. The second-order valence-corrected chi connectivity index (χ2v) is 9.29. The predicted octanol–water partition coefficient (Wildman–Crippen LogP) is 3.04. The number of benzene rings is 1. The monoisotopic (exact) mass is 486 g/mol. The van der Waals surface area contributed by atoms with E-state index in [0.717, 1.165) is 11.3 Å². The molecule has 184 valence electrons. The maximum Gasteiger partial charge on any atom is 0.270 e. The van der Waals surface area contributed by atoms with Gasteiger partial charge in [-0.15, -0.1) is 0 Å². The van der Waals surface area contributed by atoms with Crippen molar-refractivity contribution in [3.8, 4) is 11.8 Å². The number of hydrogen-bond donors (Lipinski definition) is 2. The summed E-state index contributed by atoms with van der Waals surface area (Å²) in [5.74, 6) is 4.44. The zero-order valence-electron chi connectivity index (χ0n) is 20.4. The molecule has 0 saturated heterocycles. The highest BCUT2D eigenvalue weighted by atomic mass is 19.1. The van der Waals surface area contributed by atoms with Gasteiger partial charge in [-0.25, -0.2) is 4.98 Å². The Labute approximate surface area is 209 Å². The van der Waals surface area contributed by atoms with Gasteiger partial charge in [-0.05, 0) is 68.1 Å². The van der Waals surface area contributed by atoms with Crippen LogP contribution in [0.25, 0.3) is 0 Å². The van der Waals surface area contributed by atoms with E-state index in [1.807, 2.05) is 18.2 Å². The van der Waals surface area contributed by atoms with Crippen molar-refractivity contribution in [2.24, 2.45) is 0 Å². The molecule has 0 bridgehead atoms. The molecule has 1 atom stereocenters. The Morgan fingerprint density at radius 3 is 2.78 bits per heavy atom. The number of pyridine rings is 2. The van der Waals surface area contributed by atoms with Gasteiger partial charge in [-0.3, -0.25) is 14.6 Å². The second kappa shape index (κ2) is 10.3. The molecule has 8 heteroatoms. The van der Waals surface area contributed by atoms with Crippen molar-refractivity contribution in [2.75, 3.05) is 11.9 Å². The summed E-state index contributed by atoms with van der Waals surface area (Å²) in [5, 5.41) is 12.7. The summed E-state index contributed by atoms with van der Waals surface area (Å²) >= 11 is 0. The lowest BCUT2D eigenvalue weighted by Gasteiger charge is -2.22. The summed E-state index contributed by atoms with van der Waals surface area (Å²) < 4.78 is 13.9. The van der Waals surface area contributed by atoms with Crippen LogP contribution >= 0.6 is 0 Å². The molecule has 0 fully saturated rings. The van der Waals surface area contributed by atoms with Crippen LogP contribution in [-0.2, 0) is 17.6 Å². The molecule has 0 unspecified atom stereocenters. The number of carbonyl (C=O) groups is 2. The average Bonchev–Trinajstić information content (AvgIpc) is 2.96. The topological polar surface area (TPSA) is 95.4 Å². The van der Waals surface area contributed by atoms with Crippen molar-refractivity contribution in [1.82, 2.24) is 15.3 Å². The number of aromatic nitrogens is 2. The second-order valence-electron chi connectivity index (χ2n) is 9.29. The number of rotatable bonds is 4. The molecule has 1 aliphatic rings. The smallest absolute Gasteiger partial charge is 0.270 e. The lowest BCUT2D eigenvalue weighted by atomic mass is 10.0. The van der Waals surface area contributed by atoms with E-state index < -0.39 is 23.5 Å². The van der Waals surface area contributed by atoms with Crippen LogP contribution in [0.15, 0.2) is 54.9 Å². The Bertz CT molecular complexity index is 1370. The summed E-state index contributed by atoms with van der Waals surface area (Å²) in [7, 11) is 1.67. The van der Waals surface area contributed by atoms with Crippen molar-refractivity contribution >= 4 is 17.5 Å². The maximum atomic E-state index is 13.9. The zero-order valence-corrected chi connectivity index (χ0v) is 20.4. The SMILES string of the molecule is CN1C(=O)[C@H](NC(=O)c2cc(Cc3cccnc3F)ccn2)CCc2ccc(C#CC(C)(C)O)cc21. The van der Waals surface area contributed by atoms with Gasteiger partial charge in [-0.1, -0.05) is 24.0 Å². The van der Waals surface area contributed by atoms with Crippen LogP contribution in [0.3, 0.4) is 0 Å². The van der Waals surface area contributed by atoms with Crippen molar-refractivity contribution in [2.45, 2.75) is 44.8 Å². The van der Waals surface area contributed by atoms with Crippen LogP contribution in [0.1, 0.15) is 53.0 Å². The number of nitrogens with one attached hydrogen (secondary N) is 1. The highest BCUT2D eigenvalue weighted by Gasteiger charge is 2.30. The molecule has 3 aromatic rings. The Hall–Kier alpha value is -4.09. The van der Waals surface area contributed by atoms with Crippen LogP contribution < -0.4 is 10.2 Å². The first-order valence-corrected chi connectivity index (χ1v) is 11.6. The standard InChI is InChI=1S/C28H27FN4O3/c1-28(2,36)12-10-18-6-7-20-8-9-22(27(35)33(3)24(20)17-18)32-26(34)23-16-19(11-14-30-23)15-21-5-4-13-31-25(21)29/h4-7,11,13-14,16-17,22,36H,8-9,15H2,1-3H3,(H,32,34)/t22-/m1/s1. The maximum absolute atomic E-state index is 13.9. The molecule has 2 aromatic heterocycles. The number of hydrogen-bond acceptors (Lipinski definition) is 5. The number of carbonyl (C=O) groups excluding carboxylic acids is 2. The van der Waals surface area contributed by atoms with E-state index in [4.69, 9.17) is 0 Å². The minimum atomic E-state index is -1.12. The summed E-state index contributed by atoms with van der Waals surface area (Å²) in [6, 6.07) is 11.5. The lowest BCUT2D eigenvalue weighted by molar-refractivity contribution is -0.120. The molecule has 0 aliphatic carbocycles. The molecule has 1 aliphatic heterocycles. The van der Waals surface area contributed by atoms with Crippen LogP contribution in [0, 0.1) is 17.8 Å². The van der Waals surface area contributed by atoms with E-state index in [-0.39, 0.29) is 18.0 Å². The number of fused-ring (bicyclic) bond motifs is 1. The first kappa shape index (κ1) is 25.0. The van der Waals surface area contributed by atoms with Crippen LogP contribution in [0.4, 0.5) is 10.1 Å². The Morgan fingerprint density at radius 1 is 1.22 bits per heavy atom. The number of amides is 2. The summed E-state index contributed by atoms with van der Waals surface area (Å²) in [5.41, 5.74) is 2.52. The van der Waals surface area contributed by atoms with Gasteiger partial charge in [0.05, 0.1) is 0 Å². The first-order chi connectivity index (χ1) is 17.1. The lowest BCUT2D eigenvalue weighted by Crippen LogP contribution is -2.47. The molecule has 7 nitrogen and oxygen atoms in total. The molecule has 0 radical (unpaired) electrons. The molecule has 4 rings (SSSR count). The number of nitrogens with zero attached hydrogens (tertiary/aromatic N) is 3. The number of aryl methyl sites for hydroxylation is 1. The van der Waals surface area contributed by atoms with Crippen LogP contribution in [0.2, 0.25) is 0 Å². The summed E-state index contributed by atoms with van der Waals surface area (Å²) in [4.78, 5) is 35.5. The fraction of sp³-hybridized carbons (Fsp3) is 0.286. The van der Waals surface area contributed by atoms with Crippen molar-refractivity contribution in [1.29, 1.82) is 0 Å². The fourth-order valence-corrected chi connectivity index (χ4v) is 4.01. The van der Waals surface area contributed by atoms with Gasteiger partial charge in [-0.2, -0.15) is 4.39 Å². The normalized spacial score (nSPS) is 15.4.